The molecule has 0 aliphatic heterocycles. The van der Waals surface area contributed by atoms with Crippen LogP contribution in [0.25, 0.3) is 11.1 Å². The molecule has 0 radical (unpaired) electrons. The molecule has 21 heavy (non-hydrogen) atoms. The average molecular weight is 349 g/mol. The molecule has 1 aromatic heterocycles. The Labute approximate surface area is 134 Å². The summed E-state index contributed by atoms with van der Waals surface area (Å²) >= 11 is 3.59. The Morgan fingerprint density at radius 1 is 1.19 bits per heavy atom. The summed E-state index contributed by atoms with van der Waals surface area (Å²) in [6.45, 7) is 0. The van der Waals surface area contributed by atoms with Crippen LogP contribution >= 0.6 is 15.9 Å². The zero-order valence-electron chi connectivity index (χ0n) is 12.1. The number of nitrogens with zero attached hydrogens (tertiary/aromatic N) is 1. The second-order valence-electron chi connectivity index (χ2n) is 5.89. The molecule has 1 aromatic carbocycles. The van der Waals surface area contributed by atoms with Crippen molar-refractivity contribution < 1.29 is 4.52 Å². The molecule has 0 amide bonds. The van der Waals surface area contributed by atoms with E-state index in [1.807, 2.05) is 18.2 Å². The molecule has 0 spiro atoms. The van der Waals surface area contributed by atoms with Gasteiger partial charge in [0.15, 0.2) is 0 Å². The summed E-state index contributed by atoms with van der Waals surface area (Å²) in [5, 5.41) is 4.20. The lowest BCUT2D eigenvalue weighted by atomic mass is 9.85. The van der Waals surface area contributed by atoms with E-state index < -0.39 is 0 Å². The molecule has 0 bridgehead atoms. The molecule has 4 heteroatoms. The van der Waals surface area contributed by atoms with E-state index in [1.54, 1.807) is 0 Å². The number of aromatic nitrogens is 1. The largest absolute Gasteiger partial charge is 0.367 e. The van der Waals surface area contributed by atoms with Crippen LogP contribution in [-0.2, 0) is 6.42 Å². The van der Waals surface area contributed by atoms with E-state index >= 15 is 0 Å². The smallest absolute Gasteiger partial charge is 0.230 e. The molecule has 3 rings (SSSR count). The first-order valence-electron chi connectivity index (χ1n) is 7.74. The highest BCUT2D eigenvalue weighted by molar-refractivity contribution is 9.10. The fourth-order valence-electron chi connectivity index (χ4n) is 3.28. The zero-order valence-corrected chi connectivity index (χ0v) is 13.7. The van der Waals surface area contributed by atoms with Crippen LogP contribution in [0.1, 0.15) is 44.2 Å². The van der Waals surface area contributed by atoms with Gasteiger partial charge in [0.05, 0.1) is 11.3 Å². The minimum absolute atomic E-state index is 0.417. The summed E-state index contributed by atoms with van der Waals surface area (Å²) in [4.78, 5) is 0. The number of nitrogens with two attached hydrogens (primary N) is 1. The van der Waals surface area contributed by atoms with Gasteiger partial charge >= 0.3 is 0 Å². The lowest BCUT2D eigenvalue weighted by molar-refractivity contribution is 0.335. The average Bonchev–Trinajstić information content (AvgIpc) is 2.88. The highest BCUT2D eigenvalue weighted by atomic mass is 79.9. The molecule has 1 fully saturated rings. The predicted octanol–water partition coefficient (Wildman–Crippen LogP) is 5.20. The van der Waals surface area contributed by atoms with Gasteiger partial charge in [-0.05, 0) is 24.8 Å². The third-order valence-electron chi connectivity index (χ3n) is 4.45. The van der Waals surface area contributed by atoms with E-state index in [1.165, 1.54) is 38.5 Å². The molecule has 0 atom stereocenters. The van der Waals surface area contributed by atoms with Gasteiger partial charge in [-0.3, -0.25) is 0 Å². The first kappa shape index (κ1) is 14.6. The number of anilines is 1. The highest BCUT2D eigenvalue weighted by Gasteiger charge is 2.20. The molecular weight excluding hydrogens is 328 g/mol. The number of hydrogen-bond acceptors (Lipinski definition) is 3. The van der Waals surface area contributed by atoms with Crippen molar-refractivity contribution in [1.29, 1.82) is 0 Å². The van der Waals surface area contributed by atoms with E-state index in [9.17, 15) is 0 Å². The Morgan fingerprint density at radius 3 is 2.71 bits per heavy atom. The molecule has 112 valence electrons. The van der Waals surface area contributed by atoms with Crippen molar-refractivity contribution >= 4 is 21.8 Å². The Bertz CT molecular complexity index is 603. The summed E-state index contributed by atoms with van der Waals surface area (Å²) in [5.74, 6) is 1.25. The lowest BCUT2D eigenvalue weighted by Gasteiger charge is -2.20. The molecule has 0 saturated heterocycles. The number of hydrogen-bond donors (Lipinski definition) is 1. The second kappa shape index (κ2) is 6.65. The topological polar surface area (TPSA) is 52.0 Å². The summed E-state index contributed by atoms with van der Waals surface area (Å²) in [5.41, 5.74) is 9.01. The van der Waals surface area contributed by atoms with Gasteiger partial charge in [-0.25, -0.2) is 0 Å². The van der Waals surface area contributed by atoms with Gasteiger partial charge < -0.3 is 10.3 Å². The van der Waals surface area contributed by atoms with E-state index in [2.05, 4.69) is 27.2 Å². The molecule has 1 saturated carbocycles. The van der Waals surface area contributed by atoms with Gasteiger partial charge in [0.25, 0.3) is 0 Å². The summed E-state index contributed by atoms with van der Waals surface area (Å²) in [6.07, 6.45) is 9.00. The summed E-state index contributed by atoms with van der Waals surface area (Å²) in [6, 6.07) is 8.08. The Morgan fingerprint density at radius 2 is 1.95 bits per heavy atom. The van der Waals surface area contributed by atoms with E-state index in [0.717, 1.165) is 33.6 Å². The van der Waals surface area contributed by atoms with Crippen molar-refractivity contribution in [1.82, 2.24) is 5.16 Å². The standard InChI is InChI=1S/C17H21BrN2O/c18-14-9-5-4-8-13(14)16-15(20-21-17(16)19)11-10-12-6-2-1-3-7-12/h4-5,8-9,12H,1-3,6-7,10-11,19H2. The predicted molar refractivity (Wildman–Crippen MR) is 88.9 cm³/mol. The van der Waals surface area contributed by atoms with Gasteiger partial charge in [-0.1, -0.05) is 71.4 Å². The van der Waals surface area contributed by atoms with Crippen molar-refractivity contribution in [3.05, 3.63) is 34.4 Å². The van der Waals surface area contributed by atoms with Gasteiger partial charge in [0.2, 0.25) is 5.88 Å². The molecule has 0 unspecified atom stereocenters. The van der Waals surface area contributed by atoms with Crippen molar-refractivity contribution in [2.75, 3.05) is 5.73 Å². The lowest BCUT2D eigenvalue weighted by Crippen LogP contribution is -2.07. The molecule has 1 aliphatic rings. The van der Waals surface area contributed by atoms with Crippen LogP contribution < -0.4 is 5.73 Å². The third-order valence-corrected chi connectivity index (χ3v) is 5.14. The minimum Gasteiger partial charge on any atom is -0.367 e. The van der Waals surface area contributed by atoms with Crippen molar-refractivity contribution in [2.45, 2.75) is 44.9 Å². The van der Waals surface area contributed by atoms with Crippen LogP contribution in [0.2, 0.25) is 0 Å². The number of aryl methyl sites for hydroxylation is 1. The fraction of sp³-hybridized carbons (Fsp3) is 0.471. The van der Waals surface area contributed by atoms with Gasteiger partial charge in [0.1, 0.15) is 0 Å². The van der Waals surface area contributed by atoms with Crippen LogP contribution in [0, 0.1) is 5.92 Å². The van der Waals surface area contributed by atoms with E-state index in [-0.39, 0.29) is 0 Å². The van der Waals surface area contributed by atoms with Crippen molar-refractivity contribution in [3.8, 4) is 11.1 Å². The van der Waals surface area contributed by atoms with Gasteiger partial charge in [-0.2, -0.15) is 0 Å². The van der Waals surface area contributed by atoms with Crippen LogP contribution in [0.5, 0.6) is 0 Å². The maximum Gasteiger partial charge on any atom is 0.230 e. The Kier molecular flexibility index (Phi) is 4.63. The van der Waals surface area contributed by atoms with Crippen LogP contribution in [0.4, 0.5) is 5.88 Å². The van der Waals surface area contributed by atoms with E-state index in [4.69, 9.17) is 10.3 Å². The normalized spacial score (nSPS) is 16.2. The Hall–Kier alpha value is -1.29. The number of nitrogen functional groups attached to an aromatic ring is 1. The van der Waals surface area contributed by atoms with E-state index in [0.29, 0.717) is 5.88 Å². The molecular formula is C17H21BrN2O. The second-order valence-corrected chi connectivity index (χ2v) is 6.75. The van der Waals surface area contributed by atoms with Gasteiger partial charge in [-0.15, -0.1) is 0 Å². The van der Waals surface area contributed by atoms with Crippen molar-refractivity contribution in [2.24, 2.45) is 5.92 Å². The minimum atomic E-state index is 0.417. The molecule has 2 aromatic rings. The maximum absolute atomic E-state index is 6.00. The third kappa shape index (κ3) is 3.31. The molecule has 1 heterocycles. The zero-order chi connectivity index (χ0) is 14.7. The van der Waals surface area contributed by atoms with Gasteiger partial charge in [0, 0.05) is 10.0 Å². The first-order valence-corrected chi connectivity index (χ1v) is 8.54. The quantitative estimate of drug-likeness (QED) is 0.825. The molecule has 2 N–H and O–H groups in total. The van der Waals surface area contributed by atoms with Crippen LogP contribution in [0.3, 0.4) is 0 Å². The maximum atomic E-state index is 6.00. The molecule has 1 aliphatic carbocycles. The fourth-order valence-corrected chi connectivity index (χ4v) is 3.76. The summed E-state index contributed by atoms with van der Waals surface area (Å²) in [7, 11) is 0. The number of benzene rings is 1. The number of halogens is 1. The molecule has 3 nitrogen and oxygen atoms in total. The number of rotatable bonds is 4. The monoisotopic (exact) mass is 348 g/mol. The van der Waals surface area contributed by atoms with Crippen LogP contribution in [-0.4, -0.2) is 5.16 Å². The first-order chi connectivity index (χ1) is 10.3. The van der Waals surface area contributed by atoms with Crippen molar-refractivity contribution in [3.63, 3.8) is 0 Å². The van der Waals surface area contributed by atoms with Crippen LogP contribution in [0.15, 0.2) is 33.3 Å². The summed E-state index contributed by atoms with van der Waals surface area (Å²) < 4.78 is 6.28. The highest BCUT2D eigenvalue weighted by Crippen LogP contribution is 2.36. The SMILES string of the molecule is Nc1onc(CCC2CCCCC2)c1-c1ccccc1Br. The Balaban J connectivity index is 1.79.